The molecule has 0 unspecified atom stereocenters. The van der Waals surface area contributed by atoms with Crippen LogP contribution in [0.5, 0.6) is 5.75 Å². The Morgan fingerprint density at radius 2 is 2.00 bits per heavy atom. The molecule has 0 radical (unpaired) electrons. The highest BCUT2D eigenvalue weighted by atomic mass is 35.5. The van der Waals surface area contributed by atoms with Gasteiger partial charge in [-0.3, -0.25) is 14.5 Å². The molecule has 122 valence electrons. The van der Waals surface area contributed by atoms with E-state index >= 15 is 0 Å². The third-order valence-corrected chi connectivity index (χ3v) is 2.76. The summed E-state index contributed by atoms with van der Waals surface area (Å²) >= 11 is 0. The predicted octanol–water partition coefficient (Wildman–Crippen LogP) is 1.31. The largest absolute Gasteiger partial charge is 0.497 e. The van der Waals surface area contributed by atoms with E-state index in [4.69, 9.17) is 9.84 Å². The van der Waals surface area contributed by atoms with Crippen LogP contribution in [0.3, 0.4) is 0 Å². The van der Waals surface area contributed by atoms with E-state index in [2.05, 4.69) is 11.9 Å². The van der Waals surface area contributed by atoms with Gasteiger partial charge in [0.25, 0.3) is 0 Å². The van der Waals surface area contributed by atoms with Gasteiger partial charge in [0.15, 0.2) is 0 Å². The van der Waals surface area contributed by atoms with Gasteiger partial charge < -0.3 is 15.2 Å². The van der Waals surface area contributed by atoms with Crippen molar-refractivity contribution < 1.29 is 19.4 Å². The highest BCUT2D eigenvalue weighted by Gasteiger charge is 2.11. The Labute approximate surface area is 136 Å². The SMILES string of the molecule is C=CCN(CC(=O)NCC(=O)O)Cc1ccc(OC)cc1.Cl. The minimum absolute atomic E-state index is 0. The van der Waals surface area contributed by atoms with Gasteiger partial charge in [-0.05, 0) is 17.7 Å². The maximum absolute atomic E-state index is 11.7. The number of aliphatic carboxylic acids is 1. The lowest BCUT2D eigenvalue weighted by Gasteiger charge is -2.20. The first-order chi connectivity index (χ1) is 10.0. The summed E-state index contributed by atoms with van der Waals surface area (Å²) in [7, 11) is 1.60. The van der Waals surface area contributed by atoms with E-state index in [1.807, 2.05) is 29.2 Å². The quantitative estimate of drug-likeness (QED) is 0.668. The molecule has 6 nitrogen and oxygen atoms in total. The summed E-state index contributed by atoms with van der Waals surface area (Å²) in [5.74, 6) is -0.616. The summed E-state index contributed by atoms with van der Waals surface area (Å²) < 4.78 is 5.09. The third-order valence-electron chi connectivity index (χ3n) is 2.76. The van der Waals surface area contributed by atoms with Crippen molar-refractivity contribution in [2.45, 2.75) is 6.54 Å². The molecule has 22 heavy (non-hydrogen) atoms. The van der Waals surface area contributed by atoms with Crippen molar-refractivity contribution in [1.82, 2.24) is 10.2 Å². The summed E-state index contributed by atoms with van der Waals surface area (Å²) in [4.78, 5) is 23.9. The second kappa shape index (κ2) is 10.6. The molecule has 0 atom stereocenters. The van der Waals surface area contributed by atoms with E-state index in [1.165, 1.54) is 0 Å². The minimum atomic E-state index is -1.06. The highest BCUT2D eigenvalue weighted by Crippen LogP contribution is 2.12. The number of carbonyl (C=O) groups excluding carboxylic acids is 1. The van der Waals surface area contributed by atoms with Gasteiger partial charge in [0, 0.05) is 13.1 Å². The molecule has 0 aromatic heterocycles. The fourth-order valence-corrected chi connectivity index (χ4v) is 1.79. The Balaban J connectivity index is 0.00000441. The molecule has 0 aliphatic rings. The van der Waals surface area contributed by atoms with E-state index in [9.17, 15) is 9.59 Å². The highest BCUT2D eigenvalue weighted by molar-refractivity contribution is 5.85. The number of benzene rings is 1. The van der Waals surface area contributed by atoms with Crippen molar-refractivity contribution in [3.05, 3.63) is 42.5 Å². The van der Waals surface area contributed by atoms with E-state index in [0.717, 1.165) is 11.3 Å². The van der Waals surface area contributed by atoms with Gasteiger partial charge in [0.1, 0.15) is 12.3 Å². The fraction of sp³-hybridized carbons (Fsp3) is 0.333. The number of halogens is 1. The van der Waals surface area contributed by atoms with Crippen LogP contribution in [0.1, 0.15) is 5.56 Å². The van der Waals surface area contributed by atoms with Gasteiger partial charge in [-0.2, -0.15) is 0 Å². The number of amides is 1. The first-order valence-corrected chi connectivity index (χ1v) is 6.49. The average molecular weight is 329 g/mol. The lowest BCUT2D eigenvalue weighted by molar-refractivity contribution is -0.138. The van der Waals surface area contributed by atoms with Gasteiger partial charge in [0.05, 0.1) is 13.7 Å². The monoisotopic (exact) mass is 328 g/mol. The molecule has 1 aromatic rings. The predicted molar refractivity (Wildman–Crippen MR) is 86.4 cm³/mol. The molecule has 0 aliphatic carbocycles. The molecule has 2 N–H and O–H groups in total. The number of rotatable bonds is 9. The van der Waals surface area contributed by atoms with Crippen LogP contribution in [0.15, 0.2) is 36.9 Å². The first-order valence-electron chi connectivity index (χ1n) is 6.49. The van der Waals surface area contributed by atoms with E-state index < -0.39 is 5.97 Å². The lowest BCUT2D eigenvalue weighted by atomic mass is 10.2. The normalized spacial score (nSPS) is 9.73. The zero-order valence-electron chi connectivity index (χ0n) is 12.4. The van der Waals surface area contributed by atoms with Crippen LogP contribution in [0.2, 0.25) is 0 Å². The maximum Gasteiger partial charge on any atom is 0.322 e. The van der Waals surface area contributed by atoms with Crippen LogP contribution < -0.4 is 10.1 Å². The Morgan fingerprint density at radius 3 is 2.50 bits per heavy atom. The van der Waals surface area contributed by atoms with Crippen molar-refractivity contribution in [3.63, 3.8) is 0 Å². The molecule has 1 aromatic carbocycles. The second-order valence-corrected chi connectivity index (χ2v) is 4.48. The van der Waals surface area contributed by atoms with E-state index in [-0.39, 0.29) is 31.4 Å². The zero-order valence-corrected chi connectivity index (χ0v) is 13.3. The Hall–Kier alpha value is -2.05. The van der Waals surface area contributed by atoms with Crippen LogP contribution in [0.25, 0.3) is 0 Å². The summed E-state index contributed by atoms with van der Waals surface area (Å²) in [5, 5.41) is 10.9. The molecule has 1 amide bonds. The molecule has 1 rings (SSSR count). The Bertz CT molecular complexity index is 491. The van der Waals surface area contributed by atoms with Crippen molar-refractivity contribution in [3.8, 4) is 5.75 Å². The topological polar surface area (TPSA) is 78.9 Å². The molecule has 7 heteroatoms. The third kappa shape index (κ3) is 7.66. The molecule has 0 saturated carbocycles. The van der Waals surface area contributed by atoms with Crippen LogP contribution in [0.4, 0.5) is 0 Å². The average Bonchev–Trinajstić information content (AvgIpc) is 2.46. The number of nitrogens with one attached hydrogen (secondary N) is 1. The molecule has 0 bridgehead atoms. The molecular weight excluding hydrogens is 308 g/mol. The standard InChI is InChI=1S/C15H20N2O4.ClH/c1-3-8-17(11-14(18)16-9-15(19)20)10-12-4-6-13(21-2)7-5-12;/h3-7H,1,8-11H2,2H3,(H,16,18)(H,19,20);1H. The first kappa shape index (κ1) is 19.9. The number of methoxy groups -OCH3 is 1. The Kier molecular flexibility index (Phi) is 9.65. The Morgan fingerprint density at radius 1 is 1.36 bits per heavy atom. The van der Waals surface area contributed by atoms with Crippen LogP contribution in [0, 0.1) is 0 Å². The molecule has 0 saturated heterocycles. The summed E-state index contributed by atoms with van der Waals surface area (Å²) in [6, 6.07) is 7.55. The summed E-state index contributed by atoms with van der Waals surface area (Å²) in [6.07, 6.45) is 1.70. The van der Waals surface area contributed by atoms with Crippen molar-refractivity contribution in [2.75, 3.05) is 26.7 Å². The second-order valence-electron chi connectivity index (χ2n) is 4.48. The van der Waals surface area contributed by atoms with E-state index in [0.29, 0.717) is 13.1 Å². The summed E-state index contributed by atoms with van der Waals surface area (Å²) in [6.45, 7) is 4.51. The number of ether oxygens (including phenoxy) is 1. The maximum atomic E-state index is 11.7. The minimum Gasteiger partial charge on any atom is -0.497 e. The number of hydrogen-bond acceptors (Lipinski definition) is 4. The van der Waals surface area contributed by atoms with Gasteiger partial charge >= 0.3 is 5.97 Å². The number of nitrogens with zero attached hydrogens (tertiary/aromatic N) is 1. The van der Waals surface area contributed by atoms with Gasteiger partial charge in [-0.25, -0.2) is 0 Å². The van der Waals surface area contributed by atoms with Gasteiger partial charge in [0.2, 0.25) is 5.91 Å². The van der Waals surface area contributed by atoms with E-state index in [1.54, 1.807) is 13.2 Å². The molecular formula is C15H21ClN2O4. The molecule has 0 heterocycles. The van der Waals surface area contributed by atoms with Crippen LogP contribution in [-0.2, 0) is 16.1 Å². The molecule has 0 fully saturated rings. The number of carboxylic acid groups (broad SMARTS) is 1. The van der Waals surface area contributed by atoms with Gasteiger partial charge in [-0.1, -0.05) is 18.2 Å². The fourth-order valence-electron chi connectivity index (χ4n) is 1.79. The molecule has 0 spiro atoms. The van der Waals surface area contributed by atoms with Crippen molar-refractivity contribution in [1.29, 1.82) is 0 Å². The number of carbonyl (C=O) groups is 2. The van der Waals surface area contributed by atoms with Crippen molar-refractivity contribution in [2.24, 2.45) is 0 Å². The summed E-state index contributed by atoms with van der Waals surface area (Å²) in [5.41, 5.74) is 1.03. The zero-order chi connectivity index (χ0) is 15.7. The number of hydrogen-bond donors (Lipinski definition) is 2. The van der Waals surface area contributed by atoms with Gasteiger partial charge in [-0.15, -0.1) is 19.0 Å². The lowest BCUT2D eigenvalue weighted by Crippen LogP contribution is -2.39. The molecule has 0 aliphatic heterocycles. The van der Waals surface area contributed by atoms with Crippen molar-refractivity contribution >= 4 is 24.3 Å². The van der Waals surface area contributed by atoms with Crippen LogP contribution >= 0.6 is 12.4 Å². The number of carboxylic acids is 1. The smallest absolute Gasteiger partial charge is 0.322 e. The van der Waals surface area contributed by atoms with Crippen LogP contribution in [-0.4, -0.2) is 48.6 Å².